The van der Waals surface area contributed by atoms with Crippen LogP contribution in [0.4, 0.5) is 0 Å². The van der Waals surface area contributed by atoms with Crippen LogP contribution in [0.5, 0.6) is 0 Å². The van der Waals surface area contributed by atoms with Gasteiger partial charge in [0.2, 0.25) is 0 Å². The van der Waals surface area contributed by atoms with Crippen LogP contribution >= 0.6 is 23.5 Å². The summed E-state index contributed by atoms with van der Waals surface area (Å²) >= 11 is 13.9. The normalized spacial score (nSPS) is 35.6. The molecule has 3 heterocycles. The predicted octanol–water partition coefficient (Wildman–Crippen LogP) is 1.45. The van der Waals surface area contributed by atoms with Crippen molar-refractivity contribution >= 4 is 108 Å². The van der Waals surface area contributed by atoms with Gasteiger partial charge in [-0.2, -0.15) is 0 Å². The summed E-state index contributed by atoms with van der Waals surface area (Å²) in [5.74, 6) is 2.84. The van der Waals surface area contributed by atoms with Crippen molar-refractivity contribution in [3.63, 3.8) is 0 Å². The molecule has 3 aliphatic rings. The number of thioether (sulfide) groups is 2. The van der Waals surface area contributed by atoms with Crippen LogP contribution in [0.3, 0.4) is 0 Å². The topological polar surface area (TPSA) is 0 Å². The Labute approximate surface area is 165 Å². The van der Waals surface area contributed by atoms with Crippen LogP contribution in [0.25, 0.3) is 0 Å². The van der Waals surface area contributed by atoms with Crippen molar-refractivity contribution in [2.24, 2.45) is 0 Å². The van der Waals surface area contributed by atoms with E-state index in [4.69, 9.17) is 0 Å². The minimum absolute atomic E-state index is 0.926. The van der Waals surface area contributed by atoms with Gasteiger partial charge in [0.05, 0.1) is 0 Å². The fourth-order valence-corrected chi connectivity index (χ4v) is 28.8. The third-order valence-corrected chi connectivity index (χ3v) is 19.8. The number of rotatable bonds is 8. The van der Waals surface area contributed by atoms with Crippen molar-refractivity contribution < 1.29 is 0 Å². The van der Waals surface area contributed by atoms with Crippen LogP contribution in [-0.4, -0.2) is 107 Å². The average molecular weight is 633 g/mol. The summed E-state index contributed by atoms with van der Waals surface area (Å²) in [4.78, 5) is 0. The van der Waals surface area contributed by atoms with Gasteiger partial charge in [-0.1, -0.05) is 0 Å². The molecule has 112 valence electrons. The number of hydrogen-bond donors (Lipinski definition) is 0. The molecule has 0 radical (unpaired) electrons. The molecule has 4 atom stereocenters. The zero-order valence-electron chi connectivity index (χ0n) is 11.1. The van der Waals surface area contributed by atoms with Crippen LogP contribution in [0.15, 0.2) is 0 Å². The van der Waals surface area contributed by atoms with E-state index in [9.17, 15) is 0 Å². The summed E-state index contributed by atoms with van der Waals surface area (Å²) in [6.07, 6.45) is 5.62. The SMILES string of the molecule is [Se]=C(CC1CS1)CC1[Se]C[Se]C(CC(=[Se])CC2CS2)[Se]1. The van der Waals surface area contributed by atoms with Gasteiger partial charge < -0.3 is 0 Å². The molecule has 0 amide bonds. The molecule has 0 spiro atoms. The molecule has 7 heteroatoms. The Morgan fingerprint density at radius 3 is 1.70 bits per heavy atom. The van der Waals surface area contributed by atoms with Crippen LogP contribution in [0, 0.1) is 0 Å². The van der Waals surface area contributed by atoms with Gasteiger partial charge in [-0.15, -0.1) is 0 Å². The second kappa shape index (κ2) is 8.94. The monoisotopic (exact) mass is 638 g/mol. The molecule has 0 N–H and O–H groups in total. The van der Waals surface area contributed by atoms with Crippen molar-refractivity contribution in [2.45, 2.75) is 47.8 Å². The maximum absolute atomic E-state index is 3.40. The molecule has 3 fully saturated rings. The summed E-state index contributed by atoms with van der Waals surface area (Å²) in [6.45, 7) is 0. The fourth-order valence-electron chi connectivity index (χ4n) is 2.07. The number of hydrogen-bond acceptors (Lipinski definition) is 2. The minimum atomic E-state index is 0.926. The summed E-state index contributed by atoms with van der Waals surface area (Å²) in [7, 11) is 0. The first-order valence-corrected chi connectivity index (χ1v) is 17.0. The van der Waals surface area contributed by atoms with E-state index < -0.39 is 0 Å². The Balaban J connectivity index is 1.38. The van der Waals surface area contributed by atoms with E-state index in [1.807, 2.05) is 0 Å². The van der Waals surface area contributed by atoms with Crippen molar-refractivity contribution in [1.82, 2.24) is 0 Å². The van der Waals surface area contributed by atoms with E-state index in [-0.39, 0.29) is 0 Å². The van der Waals surface area contributed by atoms with Crippen LogP contribution < -0.4 is 0 Å². The molecule has 0 nitrogen and oxygen atoms in total. The van der Waals surface area contributed by atoms with E-state index >= 15 is 0 Å². The molecule has 0 aromatic rings. The van der Waals surface area contributed by atoms with Gasteiger partial charge in [0.1, 0.15) is 0 Å². The van der Waals surface area contributed by atoms with Gasteiger partial charge in [-0.3, -0.25) is 0 Å². The molecule has 20 heavy (non-hydrogen) atoms. The standard InChI is InChI=1S/C13H18S2Se5/c16-10(1-8-5-14-8)3-12-18-7-19-13(20-12)4-11(17)2-9-6-15-9/h8-9,12-13H,1-7H2. The van der Waals surface area contributed by atoms with Crippen LogP contribution in [0.2, 0.25) is 11.6 Å². The van der Waals surface area contributed by atoms with Crippen molar-refractivity contribution in [3.8, 4) is 0 Å². The van der Waals surface area contributed by atoms with E-state index in [1.165, 1.54) is 37.2 Å². The zero-order chi connectivity index (χ0) is 13.9. The molecular weight excluding hydrogens is 615 g/mol. The maximum atomic E-state index is 3.40. The van der Waals surface area contributed by atoms with Gasteiger partial charge >= 0.3 is 168 Å². The molecule has 4 unspecified atom stereocenters. The Bertz CT molecular complexity index is 347. The molecular formula is C13H18S2Se5. The molecule has 0 bridgehead atoms. The first-order valence-electron chi connectivity index (χ1n) is 6.84. The van der Waals surface area contributed by atoms with Gasteiger partial charge in [0, 0.05) is 0 Å². The Morgan fingerprint density at radius 1 is 0.850 bits per heavy atom. The zero-order valence-corrected chi connectivity index (χ0v) is 21.3. The average Bonchev–Trinajstić information content (AvgIpc) is 3.26. The van der Waals surface area contributed by atoms with Crippen molar-refractivity contribution in [3.05, 3.63) is 0 Å². The van der Waals surface area contributed by atoms with Gasteiger partial charge in [-0.05, 0) is 0 Å². The van der Waals surface area contributed by atoms with E-state index in [1.54, 1.807) is 13.1 Å². The van der Waals surface area contributed by atoms with E-state index in [2.05, 4.69) is 54.7 Å². The van der Waals surface area contributed by atoms with E-state index in [0.29, 0.717) is 0 Å². The molecule has 3 aliphatic heterocycles. The Kier molecular flexibility index (Phi) is 7.97. The molecule has 0 aromatic heterocycles. The second-order valence-corrected chi connectivity index (χ2v) is 23.2. The quantitative estimate of drug-likeness (QED) is 0.294. The third kappa shape index (κ3) is 6.88. The first kappa shape index (κ1) is 17.8. The summed E-state index contributed by atoms with van der Waals surface area (Å²) in [5.41, 5.74) is 0. The summed E-state index contributed by atoms with van der Waals surface area (Å²) < 4.78 is 7.22. The molecule has 0 aliphatic carbocycles. The molecule has 0 aromatic carbocycles. The van der Waals surface area contributed by atoms with Crippen molar-refractivity contribution in [1.29, 1.82) is 0 Å². The molecule has 3 rings (SSSR count). The van der Waals surface area contributed by atoms with Crippen LogP contribution in [-0.2, 0) is 0 Å². The Morgan fingerprint density at radius 2 is 1.30 bits per heavy atom. The predicted molar refractivity (Wildman–Crippen MR) is 102 cm³/mol. The second-order valence-electron chi connectivity index (χ2n) is 5.25. The summed E-state index contributed by atoms with van der Waals surface area (Å²) in [6, 6.07) is 0. The Hall–Kier alpha value is 3.04. The summed E-state index contributed by atoms with van der Waals surface area (Å²) in [5, 5.41) is 1.96. The van der Waals surface area contributed by atoms with Gasteiger partial charge in [0.15, 0.2) is 0 Å². The van der Waals surface area contributed by atoms with Crippen LogP contribution in [0.1, 0.15) is 25.7 Å². The fraction of sp³-hybridized carbons (Fsp3) is 0.846. The van der Waals surface area contributed by atoms with Gasteiger partial charge in [0.25, 0.3) is 0 Å². The first-order chi connectivity index (χ1) is 9.69. The van der Waals surface area contributed by atoms with Gasteiger partial charge in [-0.25, -0.2) is 0 Å². The third-order valence-electron chi connectivity index (χ3n) is 3.32. The van der Waals surface area contributed by atoms with Crippen molar-refractivity contribution in [2.75, 3.05) is 11.5 Å². The molecule has 3 saturated heterocycles. The molecule has 0 saturated carbocycles. The van der Waals surface area contributed by atoms with E-state index in [0.717, 1.165) is 62.8 Å².